The highest BCUT2D eigenvalue weighted by molar-refractivity contribution is 7.92. The number of benzene rings is 1. The van der Waals surface area contributed by atoms with E-state index in [2.05, 4.69) is 15.6 Å². The van der Waals surface area contributed by atoms with Crippen molar-refractivity contribution in [3.63, 3.8) is 0 Å². The summed E-state index contributed by atoms with van der Waals surface area (Å²) >= 11 is 0. The minimum absolute atomic E-state index is 0.198. The van der Waals surface area contributed by atoms with Gasteiger partial charge in [0.1, 0.15) is 6.54 Å². The second kappa shape index (κ2) is 8.43. The summed E-state index contributed by atoms with van der Waals surface area (Å²) in [6.07, 6.45) is 2.63. The molecule has 8 nitrogen and oxygen atoms in total. The summed E-state index contributed by atoms with van der Waals surface area (Å²) in [7, 11) is -3.70. The third-order valence-corrected chi connectivity index (χ3v) is 4.48. The Labute approximate surface area is 152 Å². The van der Waals surface area contributed by atoms with Crippen molar-refractivity contribution in [1.29, 1.82) is 0 Å². The van der Waals surface area contributed by atoms with Crippen molar-refractivity contribution in [2.75, 3.05) is 22.4 Å². The molecule has 138 valence electrons. The maximum atomic E-state index is 12.2. The van der Waals surface area contributed by atoms with Crippen LogP contribution >= 0.6 is 0 Å². The minimum atomic E-state index is -3.70. The molecule has 26 heavy (non-hydrogen) atoms. The fraction of sp³-hybridized carbons (Fsp3) is 0.235. The van der Waals surface area contributed by atoms with Gasteiger partial charge in [0.15, 0.2) is 0 Å². The molecule has 2 rings (SSSR count). The average Bonchev–Trinajstić information content (AvgIpc) is 2.57. The molecule has 0 aliphatic carbocycles. The summed E-state index contributed by atoms with van der Waals surface area (Å²) in [5.41, 5.74) is 1.39. The number of amides is 2. The second-order valence-corrected chi connectivity index (χ2v) is 7.51. The number of sulfonamides is 1. The molecule has 1 aromatic heterocycles. The largest absolute Gasteiger partial charge is 0.349 e. The molecular formula is C17H20N4O4S. The molecule has 0 aliphatic heterocycles. The van der Waals surface area contributed by atoms with E-state index in [0.717, 1.165) is 10.6 Å². The lowest BCUT2D eigenvalue weighted by Crippen LogP contribution is -2.40. The molecule has 9 heteroatoms. The molecule has 2 N–H and O–H groups in total. The van der Waals surface area contributed by atoms with Crippen LogP contribution in [-0.4, -0.2) is 38.0 Å². The predicted molar refractivity (Wildman–Crippen MR) is 99.0 cm³/mol. The molecule has 0 spiro atoms. The van der Waals surface area contributed by atoms with Gasteiger partial charge in [0.2, 0.25) is 21.8 Å². The number of carbonyl (C=O) groups is 2. The highest BCUT2D eigenvalue weighted by Crippen LogP contribution is 2.21. The number of nitrogens with zero attached hydrogens (tertiary/aromatic N) is 2. The summed E-state index contributed by atoms with van der Waals surface area (Å²) in [6, 6.07) is 11.6. The molecule has 0 saturated heterocycles. The lowest BCUT2D eigenvalue weighted by Gasteiger charge is -2.22. The standard InChI is InChI=1S/C17H20N4O4S/c1-13(22)20-14-7-5-8-16(10-14)21(26(2,24)25)12-17(23)19-11-15-6-3-4-9-18-15/h3-10H,11-12H2,1-2H3,(H,19,23)(H,20,22). The van der Waals surface area contributed by atoms with Crippen molar-refractivity contribution >= 4 is 33.2 Å². The number of hydrogen-bond donors (Lipinski definition) is 2. The Hall–Kier alpha value is -2.94. The Balaban J connectivity index is 2.13. The SMILES string of the molecule is CC(=O)Nc1cccc(N(CC(=O)NCc2ccccn2)S(C)(=O)=O)c1. The van der Waals surface area contributed by atoms with Crippen LogP contribution in [0.15, 0.2) is 48.7 Å². The summed E-state index contributed by atoms with van der Waals surface area (Å²) in [5.74, 6) is -0.743. The third kappa shape index (κ3) is 5.85. The molecule has 0 radical (unpaired) electrons. The molecule has 0 atom stereocenters. The number of carbonyl (C=O) groups excluding carboxylic acids is 2. The average molecular weight is 376 g/mol. The first-order valence-corrected chi connectivity index (χ1v) is 9.62. The number of nitrogens with one attached hydrogen (secondary N) is 2. The monoisotopic (exact) mass is 376 g/mol. The van der Waals surface area contributed by atoms with E-state index in [0.29, 0.717) is 11.4 Å². The van der Waals surface area contributed by atoms with Crippen molar-refractivity contribution in [2.24, 2.45) is 0 Å². The van der Waals surface area contributed by atoms with Crippen molar-refractivity contribution in [2.45, 2.75) is 13.5 Å². The Morgan fingerprint density at radius 3 is 2.54 bits per heavy atom. The van der Waals surface area contributed by atoms with Gasteiger partial charge in [-0.25, -0.2) is 8.42 Å². The number of pyridine rings is 1. The van der Waals surface area contributed by atoms with Gasteiger partial charge in [-0.2, -0.15) is 0 Å². The van der Waals surface area contributed by atoms with E-state index in [1.54, 1.807) is 42.6 Å². The quantitative estimate of drug-likeness (QED) is 0.753. The molecule has 0 bridgehead atoms. The summed E-state index contributed by atoms with van der Waals surface area (Å²) in [5, 5.41) is 5.22. The lowest BCUT2D eigenvalue weighted by molar-refractivity contribution is -0.119. The van der Waals surface area contributed by atoms with Crippen LogP contribution in [0, 0.1) is 0 Å². The minimum Gasteiger partial charge on any atom is -0.349 e. The fourth-order valence-electron chi connectivity index (χ4n) is 2.22. The van der Waals surface area contributed by atoms with Crippen LogP contribution in [0.4, 0.5) is 11.4 Å². The summed E-state index contributed by atoms with van der Waals surface area (Å²) in [6.45, 7) is 1.17. The third-order valence-electron chi connectivity index (χ3n) is 3.33. The molecule has 0 unspecified atom stereocenters. The van der Waals surface area contributed by atoms with E-state index in [-0.39, 0.29) is 24.7 Å². The molecule has 0 aliphatic rings. The van der Waals surface area contributed by atoms with Crippen molar-refractivity contribution in [1.82, 2.24) is 10.3 Å². The Kier molecular flexibility index (Phi) is 6.29. The van der Waals surface area contributed by atoms with Crippen LogP contribution in [0.1, 0.15) is 12.6 Å². The predicted octanol–water partition coefficient (Wildman–Crippen LogP) is 1.12. The van der Waals surface area contributed by atoms with Gasteiger partial charge in [-0.3, -0.25) is 18.9 Å². The molecule has 1 aromatic carbocycles. The Morgan fingerprint density at radius 2 is 1.92 bits per heavy atom. The van der Waals surface area contributed by atoms with Crippen LogP contribution in [0.25, 0.3) is 0 Å². The lowest BCUT2D eigenvalue weighted by atomic mass is 10.2. The topological polar surface area (TPSA) is 108 Å². The molecule has 1 heterocycles. The van der Waals surface area contributed by atoms with Crippen molar-refractivity contribution in [3.8, 4) is 0 Å². The molecule has 2 amide bonds. The normalized spacial score (nSPS) is 10.8. The van der Waals surface area contributed by atoms with Gasteiger partial charge in [0.25, 0.3) is 0 Å². The number of rotatable bonds is 7. The number of aromatic nitrogens is 1. The first-order chi connectivity index (χ1) is 12.3. The van der Waals surface area contributed by atoms with Gasteiger partial charge >= 0.3 is 0 Å². The maximum absolute atomic E-state index is 12.2. The highest BCUT2D eigenvalue weighted by atomic mass is 32.2. The summed E-state index contributed by atoms with van der Waals surface area (Å²) in [4.78, 5) is 27.5. The van der Waals surface area contributed by atoms with Gasteiger partial charge in [0.05, 0.1) is 24.2 Å². The van der Waals surface area contributed by atoms with Gasteiger partial charge < -0.3 is 10.6 Å². The van der Waals surface area contributed by atoms with Crippen LogP contribution in [-0.2, 0) is 26.2 Å². The first kappa shape index (κ1) is 19.4. The van der Waals surface area contributed by atoms with Gasteiger partial charge in [-0.15, -0.1) is 0 Å². The second-order valence-electron chi connectivity index (χ2n) is 5.60. The number of anilines is 2. The Bertz CT molecular complexity index is 885. The zero-order chi connectivity index (χ0) is 19.2. The Morgan fingerprint density at radius 1 is 1.15 bits per heavy atom. The zero-order valence-electron chi connectivity index (χ0n) is 14.5. The van der Waals surface area contributed by atoms with Crippen LogP contribution in [0.5, 0.6) is 0 Å². The van der Waals surface area contributed by atoms with Gasteiger partial charge in [-0.05, 0) is 30.3 Å². The van der Waals surface area contributed by atoms with E-state index in [4.69, 9.17) is 0 Å². The summed E-state index contributed by atoms with van der Waals surface area (Å²) < 4.78 is 25.2. The van der Waals surface area contributed by atoms with Gasteiger partial charge in [-0.1, -0.05) is 12.1 Å². The van der Waals surface area contributed by atoms with E-state index >= 15 is 0 Å². The molecule has 0 fully saturated rings. The fourth-order valence-corrected chi connectivity index (χ4v) is 3.07. The van der Waals surface area contributed by atoms with E-state index in [9.17, 15) is 18.0 Å². The zero-order valence-corrected chi connectivity index (χ0v) is 15.3. The van der Waals surface area contributed by atoms with E-state index in [1.165, 1.54) is 13.0 Å². The van der Waals surface area contributed by atoms with E-state index in [1.807, 2.05) is 0 Å². The molecular weight excluding hydrogens is 356 g/mol. The highest BCUT2D eigenvalue weighted by Gasteiger charge is 2.21. The van der Waals surface area contributed by atoms with Gasteiger partial charge in [0, 0.05) is 18.8 Å². The molecule has 0 saturated carbocycles. The van der Waals surface area contributed by atoms with Crippen LogP contribution in [0.2, 0.25) is 0 Å². The van der Waals surface area contributed by atoms with Crippen molar-refractivity contribution in [3.05, 3.63) is 54.4 Å². The van der Waals surface area contributed by atoms with Crippen molar-refractivity contribution < 1.29 is 18.0 Å². The van der Waals surface area contributed by atoms with E-state index < -0.39 is 15.9 Å². The number of hydrogen-bond acceptors (Lipinski definition) is 5. The first-order valence-electron chi connectivity index (χ1n) is 7.77. The maximum Gasteiger partial charge on any atom is 0.241 e. The smallest absolute Gasteiger partial charge is 0.241 e. The molecule has 2 aromatic rings. The van der Waals surface area contributed by atoms with Crippen LogP contribution < -0.4 is 14.9 Å². The van der Waals surface area contributed by atoms with Crippen LogP contribution in [0.3, 0.4) is 0 Å².